The van der Waals surface area contributed by atoms with Gasteiger partial charge in [-0.1, -0.05) is 12.1 Å². The highest BCUT2D eigenvalue weighted by molar-refractivity contribution is 5.92. The van der Waals surface area contributed by atoms with E-state index in [9.17, 15) is 9.18 Å². The van der Waals surface area contributed by atoms with Crippen LogP contribution in [0.1, 0.15) is 29.1 Å². The fraction of sp³-hybridized carbons (Fsp3) is 0.148. The molecule has 2 atom stereocenters. The first-order chi connectivity index (χ1) is 17.5. The summed E-state index contributed by atoms with van der Waals surface area (Å²) in [5.41, 5.74) is 2.74. The molecule has 0 aliphatic rings. The maximum atomic E-state index is 13.3. The van der Waals surface area contributed by atoms with Crippen LogP contribution in [0.3, 0.4) is 0 Å². The number of ether oxygens (including phenoxy) is 2. The highest BCUT2D eigenvalue weighted by Crippen LogP contribution is 2.30. The third-order valence-corrected chi connectivity index (χ3v) is 5.84. The van der Waals surface area contributed by atoms with Crippen LogP contribution in [0.15, 0.2) is 85.5 Å². The van der Waals surface area contributed by atoms with Gasteiger partial charge in [0.15, 0.2) is 0 Å². The van der Waals surface area contributed by atoms with Gasteiger partial charge in [-0.3, -0.25) is 4.79 Å². The zero-order valence-corrected chi connectivity index (χ0v) is 19.7. The second-order valence-electron chi connectivity index (χ2n) is 8.29. The normalized spacial score (nSPS) is 12.8. The summed E-state index contributed by atoms with van der Waals surface area (Å²) in [4.78, 5) is 19.5. The summed E-state index contributed by atoms with van der Waals surface area (Å²) < 4.78 is 26.9. The van der Waals surface area contributed by atoms with Crippen LogP contribution in [0.2, 0.25) is 0 Å². The van der Waals surface area contributed by atoms with E-state index in [1.54, 1.807) is 30.1 Å². The maximum Gasteiger partial charge on any atom is 0.271 e. The van der Waals surface area contributed by atoms with E-state index in [0.717, 1.165) is 22.2 Å². The topological polar surface area (TPSA) is 94.1 Å². The Morgan fingerprint density at radius 1 is 1.08 bits per heavy atom. The van der Waals surface area contributed by atoms with Crippen molar-refractivity contribution in [1.29, 1.82) is 0 Å². The van der Waals surface area contributed by atoms with Gasteiger partial charge in [0.2, 0.25) is 0 Å². The van der Waals surface area contributed by atoms with Crippen molar-refractivity contribution in [2.75, 3.05) is 7.11 Å². The van der Waals surface area contributed by atoms with Crippen LogP contribution in [-0.4, -0.2) is 38.8 Å². The average molecular weight is 486 g/mol. The average Bonchev–Trinajstić information content (AvgIpc) is 3.58. The number of fused-ring (bicyclic) bond motifs is 1. The van der Waals surface area contributed by atoms with Gasteiger partial charge in [-0.15, -0.1) is 0 Å². The SMILES string of the molecule is COc1cccc([C@@H](Oc2ccc3c(cnn3-c3ccc(F)cc3)c2)[C@H](C)NC(=O)c2c[nH]cn2)c1. The molecular weight excluding hydrogens is 461 g/mol. The highest BCUT2D eigenvalue weighted by atomic mass is 19.1. The molecule has 0 aliphatic heterocycles. The van der Waals surface area contributed by atoms with E-state index in [2.05, 4.69) is 20.4 Å². The van der Waals surface area contributed by atoms with Crippen LogP contribution in [0.4, 0.5) is 4.39 Å². The van der Waals surface area contributed by atoms with Crippen molar-refractivity contribution >= 4 is 16.8 Å². The molecule has 182 valence electrons. The number of carbonyl (C=O) groups is 1. The quantitative estimate of drug-likeness (QED) is 0.328. The molecule has 3 aromatic carbocycles. The highest BCUT2D eigenvalue weighted by Gasteiger charge is 2.25. The number of imidazole rings is 1. The third-order valence-electron chi connectivity index (χ3n) is 5.84. The van der Waals surface area contributed by atoms with E-state index in [-0.39, 0.29) is 11.7 Å². The van der Waals surface area contributed by atoms with Crippen molar-refractivity contribution in [3.63, 3.8) is 0 Å². The molecule has 2 heterocycles. The molecule has 0 unspecified atom stereocenters. The number of amides is 1. The summed E-state index contributed by atoms with van der Waals surface area (Å²) >= 11 is 0. The Kier molecular flexibility index (Phi) is 6.36. The standard InChI is InChI=1S/C27H24FN5O3/c1-17(32-27(34)24-15-29-16-30-24)26(18-4-3-5-22(12-18)35-2)36-23-10-11-25-19(13-23)14-31-33(25)21-8-6-20(28)7-9-21/h3-17,26H,1-2H3,(H,29,30)(H,32,34)/t17-,26-/m0/s1. The summed E-state index contributed by atoms with van der Waals surface area (Å²) in [6.45, 7) is 1.87. The zero-order valence-electron chi connectivity index (χ0n) is 19.7. The number of rotatable bonds is 8. The van der Waals surface area contributed by atoms with Crippen LogP contribution < -0.4 is 14.8 Å². The fourth-order valence-corrected chi connectivity index (χ4v) is 4.04. The smallest absolute Gasteiger partial charge is 0.271 e. The van der Waals surface area contributed by atoms with Crippen LogP contribution in [0.25, 0.3) is 16.6 Å². The number of nitrogens with one attached hydrogen (secondary N) is 2. The van der Waals surface area contributed by atoms with Crippen molar-refractivity contribution < 1.29 is 18.7 Å². The molecule has 2 aromatic heterocycles. The van der Waals surface area contributed by atoms with Crippen molar-refractivity contribution in [3.8, 4) is 17.2 Å². The van der Waals surface area contributed by atoms with Crippen LogP contribution in [-0.2, 0) is 0 Å². The molecule has 0 bridgehead atoms. The van der Waals surface area contributed by atoms with Crippen LogP contribution in [0.5, 0.6) is 11.5 Å². The summed E-state index contributed by atoms with van der Waals surface area (Å²) in [6.07, 6.45) is 4.20. The van der Waals surface area contributed by atoms with Crippen molar-refractivity contribution in [2.24, 2.45) is 0 Å². The number of nitrogens with zero attached hydrogens (tertiary/aromatic N) is 3. The molecule has 0 aliphatic carbocycles. The van der Waals surface area contributed by atoms with E-state index < -0.39 is 12.1 Å². The fourth-order valence-electron chi connectivity index (χ4n) is 4.04. The molecule has 9 heteroatoms. The molecule has 8 nitrogen and oxygen atoms in total. The minimum Gasteiger partial charge on any atom is -0.497 e. The molecule has 0 radical (unpaired) electrons. The minimum atomic E-state index is -0.521. The van der Waals surface area contributed by atoms with E-state index in [1.807, 2.05) is 49.4 Å². The van der Waals surface area contributed by atoms with Gasteiger partial charge < -0.3 is 19.8 Å². The van der Waals surface area contributed by atoms with Gasteiger partial charge in [-0.25, -0.2) is 14.1 Å². The molecule has 2 N–H and O–H groups in total. The monoisotopic (exact) mass is 485 g/mol. The van der Waals surface area contributed by atoms with Gasteiger partial charge in [0.25, 0.3) is 5.91 Å². The van der Waals surface area contributed by atoms with Gasteiger partial charge in [-0.05, 0) is 67.1 Å². The lowest BCUT2D eigenvalue weighted by atomic mass is 10.0. The summed E-state index contributed by atoms with van der Waals surface area (Å²) in [5, 5.41) is 8.28. The number of aromatic nitrogens is 4. The van der Waals surface area contributed by atoms with E-state index in [0.29, 0.717) is 17.2 Å². The largest absolute Gasteiger partial charge is 0.497 e. The maximum absolute atomic E-state index is 13.3. The molecular formula is C27H24FN5O3. The number of methoxy groups -OCH3 is 1. The Labute approximate surface area is 206 Å². The number of benzene rings is 3. The van der Waals surface area contributed by atoms with Crippen molar-refractivity contribution in [3.05, 3.63) is 103 Å². The summed E-state index contributed by atoms with van der Waals surface area (Å²) in [6, 6.07) is 18.9. The predicted octanol–water partition coefficient (Wildman–Crippen LogP) is 4.83. The van der Waals surface area contributed by atoms with Gasteiger partial charge in [0, 0.05) is 11.6 Å². The van der Waals surface area contributed by atoms with E-state index in [4.69, 9.17) is 9.47 Å². The number of carbonyl (C=O) groups excluding carboxylic acids is 1. The first kappa shape index (κ1) is 23.1. The Balaban J connectivity index is 1.44. The number of aromatic amines is 1. The molecule has 1 amide bonds. The number of halogens is 1. The predicted molar refractivity (Wildman–Crippen MR) is 133 cm³/mol. The van der Waals surface area contributed by atoms with Gasteiger partial charge >= 0.3 is 0 Å². The van der Waals surface area contributed by atoms with E-state index in [1.165, 1.54) is 24.7 Å². The first-order valence-corrected chi connectivity index (χ1v) is 11.4. The number of hydrogen-bond donors (Lipinski definition) is 2. The molecule has 0 saturated heterocycles. The minimum absolute atomic E-state index is 0.292. The van der Waals surface area contributed by atoms with Crippen molar-refractivity contribution in [2.45, 2.75) is 19.1 Å². The van der Waals surface area contributed by atoms with Crippen molar-refractivity contribution in [1.82, 2.24) is 25.1 Å². The molecule has 0 saturated carbocycles. The van der Waals surface area contributed by atoms with Gasteiger partial charge in [-0.2, -0.15) is 5.10 Å². The third kappa shape index (κ3) is 4.76. The zero-order chi connectivity index (χ0) is 25.1. The molecule has 0 spiro atoms. The lowest BCUT2D eigenvalue weighted by Gasteiger charge is -2.26. The van der Waals surface area contributed by atoms with Crippen LogP contribution in [0, 0.1) is 5.82 Å². The summed E-state index contributed by atoms with van der Waals surface area (Å²) in [7, 11) is 1.60. The van der Waals surface area contributed by atoms with E-state index >= 15 is 0 Å². The second-order valence-corrected chi connectivity index (χ2v) is 8.29. The second kappa shape index (κ2) is 9.91. The molecule has 36 heavy (non-hydrogen) atoms. The lowest BCUT2D eigenvalue weighted by molar-refractivity contribution is 0.0877. The number of H-pyrrole nitrogens is 1. The Bertz CT molecular complexity index is 1480. The Hall–Kier alpha value is -4.66. The molecule has 5 rings (SSSR count). The Morgan fingerprint density at radius 3 is 2.67 bits per heavy atom. The van der Waals surface area contributed by atoms with Gasteiger partial charge in [0.1, 0.15) is 29.1 Å². The van der Waals surface area contributed by atoms with Crippen LogP contribution >= 0.6 is 0 Å². The Morgan fingerprint density at radius 2 is 1.92 bits per heavy atom. The first-order valence-electron chi connectivity index (χ1n) is 11.4. The lowest BCUT2D eigenvalue weighted by Crippen LogP contribution is -2.39. The number of hydrogen-bond acceptors (Lipinski definition) is 5. The summed E-state index contributed by atoms with van der Waals surface area (Å²) in [5.74, 6) is 0.678. The molecule has 0 fully saturated rings. The molecule has 5 aromatic rings. The van der Waals surface area contributed by atoms with Gasteiger partial charge in [0.05, 0.1) is 36.9 Å².